The van der Waals surface area contributed by atoms with Crippen molar-refractivity contribution in [1.82, 2.24) is 0 Å². The largest absolute Gasteiger partial charge is 0.479 e. The predicted molar refractivity (Wildman–Crippen MR) is 65.2 cm³/mol. The molecule has 0 fully saturated rings. The van der Waals surface area contributed by atoms with Crippen LogP contribution in [0.2, 0.25) is 10.0 Å². The third-order valence-corrected chi connectivity index (χ3v) is 2.95. The molecule has 94 valence electrons. The highest BCUT2D eigenvalue weighted by atomic mass is 35.5. The normalized spacial score (nSPS) is 15.4. The topological polar surface area (TPSA) is 88.0 Å². The Labute approximate surface area is 111 Å². The highest BCUT2D eigenvalue weighted by Gasteiger charge is 2.29. The Hall–Kier alpha value is -1.79. The first-order valence-electron chi connectivity index (χ1n) is 4.72. The van der Waals surface area contributed by atoms with Gasteiger partial charge < -0.3 is 15.3 Å². The van der Waals surface area contributed by atoms with E-state index in [9.17, 15) is 9.59 Å². The van der Waals surface area contributed by atoms with Crippen LogP contribution in [0.3, 0.4) is 0 Å². The van der Waals surface area contributed by atoms with Crippen LogP contribution < -0.4 is 5.32 Å². The fourth-order valence-corrected chi connectivity index (χ4v) is 1.78. The number of fused-ring (bicyclic) bond motifs is 1. The first-order valence-corrected chi connectivity index (χ1v) is 5.47. The summed E-state index contributed by atoms with van der Waals surface area (Å²) in [6, 6.07) is 3.06. The Balaban J connectivity index is 2.34. The molecule has 2 N–H and O–H groups in total. The Kier molecular flexibility index (Phi) is 3.40. The van der Waals surface area contributed by atoms with E-state index in [4.69, 9.17) is 28.3 Å². The molecule has 6 nitrogen and oxygen atoms in total. The number of halogens is 2. The van der Waals surface area contributed by atoms with Crippen LogP contribution in [0, 0.1) is 0 Å². The highest BCUT2D eigenvalue weighted by molar-refractivity contribution is 6.56. The van der Waals surface area contributed by atoms with E-state index in [1.807, 2.05) is 0 Å². The van der Waals surface area contributed by atoms with E-state index in [1.165, 1.54) is 6.07 Å². The molecule has 0 saturated carbocycles. The summed E-state index contributed by atoms with van der Waals surface area (Å²) in [4.78, 5) is 26.4. The zero-order chi connectivity index (χ0) is 13.3. The Morgan fingerprint density at radius 1 is 1.44 bits per heavy atom. The fourth-order valence-electron chi connectivity index (χ4n) is 1.41. The number of hydrogen-bond donors (Lipinski definition) is 2. The van der Waals surface area contributed by atoms with Gasteiger partial charge in [-0.3, -0.25) is 4.79 Å². The molecule has 1 heterocycles. The summed E-state index contributed by atoms with van der Waals surface area (Å²) < 4.78 is 0. The minimum atomic E-state index is -1.19. The van der Waals surface area contributed by atoms with Crippen LogP contribution in [0.15, 0.2) is 17.3 Å². The number of hydrogen-bond acceptors (Lipinski definition) is 4. The van der Waals surface area contributed by atoms with Gasteiger partial charge in [0.25, 0.3) is 5.91 Å². The summed E-state index contributed by atoms with van der Waals surface area (Å²) in [7, 11) is 0. The average molecular weight is 289 g/mol. The second kappa shape index (κ2) is 4.83. The monoisotopic (exact) mass is 288 g/mol. The molecule has 1 aliphatic heterocycles. The van der Waals surface area contributed by atoms with Crippen LogP contribution in [-0.2, 0) is 14.4 Å². The summed E-state index contributed by atoms with van der Waals surface area (Å²) in [5.41, 5.74) is 0.719. The van der Waals surface area contributed by atoms with Crippen molar-refractivity contribution in [2.24, 2.45) is 5.16 Å². The maximum absolute atomic E-state index is 11.6. The van der Waals surface area contributed by atoms with Crippen LogP contribution in [0.1, 0.15) is 5.56 Å². The van der Waals surface area contributed by atoms with Gasteiger partial charge in [0.1, 0.15) is 0 Å². The molecule has 8 heteroatoms. The summed E-state index contributed by atoms with van der Waals surface area (Å²) in [5.74, 6) is -1.72. The van der Waals surface area contributed by atoms with Gasteiger partial charge in [-0.15, -0.1) is 0 Å². The third-order valence-electron chi connectivity index (χ3n) is 2.15. The quantitative estimate of drug-likeness (QED) is 0.830. The van der Waals surface area contributed by atoms with Crippen molar-refractivity contribution in [3.05, 3.63) is 27.7 Å². The average Bonchev–Trinajstić information content (AvgIpc) is 2.62. The van der Waals surface area contributed by atoms with Crippen LogP contribution in [0.25, 0.3) is 0 Å². The minimum absolute atomic E-state index is 0.0372. The molecule has 0 saturated heterocycles. The third kappa shape index (κ3) is 2.25. The van der Waals surface area contributed by atoms with Crippen molar-refractivity contribution in [2.45, 2.75) is 0 Å². The van der Waals surface area contributed by atoms with E-state index in [0.717, 1.165) is 0 Å². The number of nitrogens with zero attached hydrogens (tertiary/aromatic N) is 1. The molecule has 0 aromatic heterocycles. The molecule has 0 spiro atoms. The SMILES string of the molecule is O=C(O)CON=C1C(=O)Nc2c1ccc(Cl)c2Cl. The number of carboxylic acids is 1. The molecular formula is C10H6Cl2N2O4. The number of rotatable bonds is 3. The Morgan fingerprint density at radius 3 is 2.83 bits per heavy atom. The van der Waals surface area contributed by atoms with Crippen molar-refractivity contribution in [1.29, 1.82) is 0 Å². The number of nitrogens with one attached hydrogen (secondary N) is 1. The number of oxime groups is 1. The number of anilines is 1. The molecule has 0 unspecified atom stereocenters. The molecule has 18 heavy (non-hydrogen) atoms. The summed E-state index contributed by atoms with van der Waals surface area (Å²) in [6.07, 6.45) is 0. The van der Waals surface area contributed by atoms with Crippen molar-refractivity contribution >= 4 is 46.5 Å². The van der Waals surface area contributed by atoms with E-state index in [1.54, 1.807) is 6.07 Å². The second-order valence-corrected chi connectivity index (χ2v) is 4.13. The molecule has 0 atom stereocenters. The predicted octanol–water partition coefficient (Wildman–Crippen LogP) is 1.75. The lowest BCUT2D eigenvalue weighted by Gasteiger charge is -2.02. The van der Waals surface area contributed by atoms with Gasteiger partial charge in [0, 0.05) is 5.56 Å². The van der Waals surface area contributed by atoms with E-state index < -0.39 is 18.5 Å². The molecule has 1 aromatic carbocycles. The van der Waals surface area contributed by atoms with Gasteiger partial charge in [-0.1, -0.05) is 28.4 Å². The van der Waals surface area contributed by atoms with E-state index in [0.29, 0.717) is 16.3 Å². The van der Waals surface area contributed by atoms with Crippen LogP contribution in [0.5, 0.6) is 0 Å². The lowest BCUT2D eigenvalue weighted by molar-refractivity contribution is -0.142. The molecule has 2 rings (SSSR count). The number of carboxylic acid groups (broad SMARTS) is 1. The summed E-state index contributed by atoms with van der Waals surface area (Å²) >= 11 is 11.7. The van der Waals surface area contributed by atoms with Gasteiger partial charge in [-0.25, -0.2) is 4.79 Å². The summed E-state index contributed by atoms with van der Waals surface area (Å²) in [5, 5.41) is 14.9. The second-order valence-electron chi connectivity index (χ2n) is 3.35. The molecule has 1 amide bonds. The molecular weight excluding hydrogens is 283 g/mol. The van der Waals surface area contributed by atoms with E-state index in [-0.39, 0.29) is 10.7 Å². The lowest BCUT2D eigenvalue weighted by atomic mass is 10.1. The molecule has 1 aromatic rings. The van der Waals surface area contributed by atoms with Crippen LogP contribution in [0.4, 0.5) is 5.69 Å². The first-order chi connectivity index (χ1) is 8.50. The van der Waals surface area contributed by atoms with Crippen molar-refractivity contribution < 1.29 is 19.5 Å². The number of amides is 1. The van der Waals surface area contributed by atoms with Gasteiger partial charge in [-0.2, -0.15) is 0 Å². The standard InChI is InChI=1S/C10H6Cl2N2O4/c11-5-2-1-4-8(7(5)12)13-10(17)9(4)14-18-3-6(15)16/h1-2H,3H2,(H,15,16)(H,13,14,17). The van der Waals surface area contributed by atoms with Crippen LogP contribution in [-0.4, -0.2) is 29.3 Å². The van der Waals surface area contributed by atoms with Crippen molar-refractivity contribution in [2.75, 3.05) is 11.9 Å². The molecule has 0 aliphatic carbocycles. The van der Waals surface area contributed by atoms with E-state index >= 15 is 0 Å². The Bertz CT molecular complexity index is 571. The van der Waals surface area contributed by atoms with Gasteiger partial charge in [0.05, 0.1) is 15.7 Å². The van der Waals surface area contributed by atoms with E-state index in [2.05, 4.69) is 15.3 Å². The molecule has 1 aliphatic rings. The van der Waals surface area contributed by atoms with Crippen molar-refractivity contribution in [3.8, 4) is 0 Å². The summed E-state index contributed by atoms with van der Waals surface area (Å²) in [6.45, 7) is -0.632. The number of carbonyl (C=O) groups excluding carboxylic acids is 1. The number of benzene rings is 1. The zero-order valence-electron chi connectivity index (χ0n) is 8.74. The van der Waals surface area contributed by atoms with Crippen LogP contribution >= 0.6 is 23.2 Å². The lowest BCUT2D eigenvalue weighted by Crippen LogP contribution is -2.15. The molecule has 0 bridgehead atoms. The smallest absolute Gasteiger partial charge is 0.344 e. The number of carbonyl (C=O) groups is 2. The number of aliphatic carboxylic acids is 1. The maximum atomic E-state index is 11.6. The fraction of sp³-hybridized carbons (Fsp3) is 0.100. The first kappa shape index (κ1) is 12.7. The highest BCUT2D eigenvalue weighted by Crippen LogP contribution is 2.36. The maximum Gasteiger partial charge on any atom is 0.344 e. The van der Waals surface area contributed by atoms with Gasteiger partial charge in [0.2, 0.25) is 6.61 Å². The minimum Gasteiger partial charge on any atom is -0.479 e. The van der Waals surface area contributed by atoms with Gasteiger partial charge >= 0.3 is 5.97 Å². The van der Waals surface area contributed by atoms with Gasteiger partial charge in [-0.05, 0) is 12.1 Å². The zero-order valence-corrected chi connectivity index (χ0v) is 10.2. The molecule has 0 radical (unpaired) electrons. The Morgan fingerprint density at radius 2 is 2.17 bits per heavy atom. The van der Waals surface area contributed by atoms with Gasteiger partial charge in [0.15, 0.2) is 5.71 Å². The van der Waals surface area contributed by atoms with Crippen molar-refractivity contribution in [3.63, 3.8) is 0 Å².